The number of nitrogens with one attached hydrogen (secondary N) is 1. The molecule has 1 aliphatic carbocycles. The fourth-order valence-electron chi connectivity index (χ4n) is 4.76. The van der Waals surface area contributed by atoms with Crippen molar-refractivity contribution in [1.82, 2.24) is 10.4 Å². The van der Waals surface area contributed by atoms with E-state index in [1.54, 1.807) is 6.92 Å². The first kappa shape index (κ1) is 20.4. The molecular formula is C21H38N2O2. The minimum Gasteiger partial charge on any atom is -0.353 e. The second-order valence-corrected chi connectivity index (χ2v) is 10.2. The van der Waals surface area contributed by atoms with Crippen LogP contribution in [0.5, 0.6) is 0 Å². The Balaban J connectivity index is 2.25. The summed E-state index contributed by atoms with van der Waals surface area (Å²) >= 11 is 0. The lowest BCUT2D eigenvalue weighted by atomic mass is 9.78. The summed E-state index contributed by atoms with van der Waals surface area (Å²) < 4.78 is 0. The zero-order valence-electron chi connectivity index (χ0n) is 17.5. The third-order valence-electron chi connectivity index (χ3n) is 5.41. The Hall–Kier alpha value is -0.870. The molecule has 0 saturated carbocycles. The van der Waals surface area contributed by atoms with Gasteiger partial charge in [0.1, 0.15) is 6.10 Å². The van der Waals surface area contributed by atoms with Gasteiger partial charge in [0.15, 0.2) is 0 Å². The Morgan fingerprint density at radius 2 is 1.80 bits per heavy atom. The van der Waals surface area contributed by atoms with Gasteiger partial charge >= 0.3 is 0 Å². The number of rotatable bonds is 4. The highest BCUT2D eigenvalue weighted by Gasteiger charge is 2.49. The van der Waals surface area contributed by atoms with Crippen molar-refractivity contribution in [1.29, 1.82) is 0 Å². The summed E-state index contributed by atoms with van der Waals surface area (Å²) in [6.45, 7) is 17.3. The first-order valence-electron chi connectivity index (χ1n) is 9.76. The van der Waals surface area contributed by atoms with E-state index in [1.807, 2.05) is 0 Å². The number of hydroxylamine groups is 2. The van der Waals surface area contributed by atoms with Gasteiger partial charge in [0, 0.05) is 24.0 Å². The summed E-state index contributed by atoms with van der Waals surface area (Å²) in [5.74, 6) is 0.0506. The van der Waals surface area contributed by atoms with E-state index >= 15 is 0 Å². The van der Waals surface area contributed by atoms with Crippen molar-refractivity contribution >= 4 is 5.91 Å². The molecule has 0 bridgehead atoms. The van der Waals surface area contributed by atoms with E-state index in [0.29, 0.717) is 0 Å². The molecule has 1 unspecified atom stereocenters. The van der Waals surface area contributed by atoms with E-state index in [2.05, 4.69) is 64.9 Å². The maximum atomic E-state index is 11.5. The number of carbonyl (C=O) groups excluding carboxylic acids is 1. The molecule has 0 aromatic heterocycles. The molecule has 144 valence electrons. The number of carbonyl (C=O) groups is 1. The summed E-state index contributed by atoms with van der Waals surface area (Å²) in [5.41, 5.74) is 1.22. The largest absolute Gasteiger partial charge is 0.353 e. The predicted molar refractivity (Wildman–Crippen MR) is 103 cm³/mol. The molecule has 0 aromatic rings. The van der Waals surface area contributed by atoms with Crippen LogP contribution in [0.25, 0.3) is 0 Å². The third-order valence-corrected chi connectivity index (χ3v) is 5.41. The Morgan fingerprint density at radius 3 is 2.20 bits per heavy atom. The van der Waals surface area contributed by atoms with Crippen LogP contribution in [0.3, 0.4) is 0 Å². The smallest absolute Gasteiger partial charge is 0.217 e. The number of hydrogen-bond donors (Lipinski definition) is 1. The van der Waals surface area contributed by atoms with Gasteiger partial charge in [-0.25, -0.2) is 0 Å². The zero-order chi connectivity index (χ0) is 19.0. The van der Waals surface area contributed by atoms with Crippen LogP contribution in [0.1, 0.15) is 87.5 Å². The van der Waals surface area contributed by atoms with Crippen LogP contribution in [-0.2, 0) is 9.63 Å². The van der Waals surface area contributed by atoms with Gasteiger partial charge in [-0.2, -0.15) is 5.06 Å². The van der Waals surface area contributed by atoms with Crippen LogP contribution in [-0.4, -0.2) is 34.2 Å². The first-order valence-corrected chi connectivity index (χ1v) is 9.76. The molecule has 0 spiro atoms. The quantitative estimate of drug-likeness (QED) is 0.753. The van der Waals surface area contributed by atoms with Crippen molar-refractivity contribution in [3.63, 3.8) is 0 Å². The van der Waals surface area contributed by atoms with Crippen molar-refractivity contribution in [3.8, 4) is 0 Å². The Morgan fingerprint density at radius 1 is 1.24 bits per heavy atom. The van der Waals surface area contributed by atoms with Gasteiger partial charge in [-0.1, -0.05) is 26.8 Å². The number of allylic oxidation sites excluding steroid dienone is 1. The van der Waals surface area contributed by atoms with Crippen molar-refractivity contribution in [2.75, 3.05) is 0 Å². The van der Waals surface area contributed by atoms with Crippen LogP contribution in [0.2, 0.25) is 0 Å². The van der Waals surface area contributed by atoms with Gasteiger partial charge in [-0.15, -0.1) is 0 Å². The molecule has 1 saturated heterocycles. The average Bonchev–Trinajstić information content (AvgIpc) is 2.86. The van der Waals surface area contributed by atoms with Crippen LogP contribution in [0.15, 0.2) is 11.6 Å². The van der Waals surface area contributed by atoms with Crippen molar-refractivity contribution in [3.05, 3.63) is 11.6 Å². The first-order chi connectivity index (χ1) is 11.3. The monoisotopic (exact) mass is 350 g/mol. The van der Waals surface area contributed by atoms with Crippen molar-refractivity contribution in [2.24, 2.45) is 5.41 Å². The SMILES string of the molecule is CC(=O)NC1CC(C)(C)N(OC(C2=CCCC2)C(C)(C)C)C(C)(C)C1. The zero-order valence-corrected chi connectivity index (χ0v) is 17.5. The molecular weight excluding hydrogens is 312 g/mol. The topological polar surface area (TPSA) is 41.6 Å². The second-order valence-electron chi connectivity index (χ2n) is 10.2. The average molecular weight is 351 g/mol. The van der Waals surface area contributed by atoms with E-state index in [0.717, 1.165) is 19.3 Å². The lowest BCUT2D eigenvalue weighted by Gasteiger charge is -2.55. The number of piperidine rings is 1. The molecule has 1 heterocycles. The molecule has 0 aromatic carbocycles. The Bertz CT molecular complexity index is 511. The molecule has 1 fully saturated rings. The fraction of sp³-hybridized carbons (Fsp3) is 0.857. The normalized spacial score (nSPS) is 25.5. The van der Waals surface area contributed by atoms with Gasteiger partial charge in [0.25, 0.3) is 0 Å². The van der Waals surface area contributed by atoms with Gasteiger partial charge < -0.3 is 5.32 Å². The number of hydrogen-bond acceptors (Lipinski definition) is 3. The van der Waals surface area contributed by atoms with E-state index in [-0.39, 0.29) is 34.5 Å². The molecule has 25 heavy (non-hydrogen) atoms. The second kappa shape index (κ2) is 7.03. The molecule has 0 radical (unpaired) electrons. The lowest BCUT2D eigenvalue weighted by molar-refractivity contribution is -0.313. The molecule has 1 aliphatic heterocycles. The minimum absolute atomic E-state index is 0.0506. The Kier molecular flexibility index (Phi) is 5.75. The summed E-state index contributed by atoms with van der Waals surface area (Å²) in [6, 6.07) is 0.195. The number of nitrogens with zero attached hydrogens (tertiary/aromatic N) is 1. The van der Waals surface area contributed by atoms with Gasteiger partial charge in [0.05, 0.1) is 0 Å². The van der Waals surface area contributed by atoms with Crippen molar-refractivity contribution in [2.45, 2.75) is 111 Å². The molecule has 2 aliphatic rings. The molecule has 1 N–H and O–H groups in total. The van der Waals surface area contributed by atoms with E-state index < -0.39 is 0 Å². The molecule has 1 amide bonds. The van der Waals surface area contributed by atoms with Crippen LogP contribution in [0, 0.1) is 5.41 Å². The fourth-order valence-corrected chi connectivity index (χ4v) is 4.76. The van der Waals surface area contributed by atoms with Gasteiger partial charge in [-0.3, -0.25) is 9.63 Å². The Labute approximate surface area is 154 Å². The maximum Gasteiger partial charge on any atom is 0.217 e. The summed E-state index contributed by atoms with van der Waals surface area (Å²) in [5, 5.41) is 5.35. The van der Waals surface area contributed by atoms with Gasteiger partial charge in [-0.05, 0) is 70.8 Å². The van der Waals surface area contributed by atoms with E-state index in [4.69, 9.17) is 4.84 Å². The lowest BCUT2D eigenvalue weighted by Crippen LogP contribution is -2.65. The highest BCUT2D eigenvalue weighted by molar-refractivity contribution is 5.73. The summed E-state index contributed by atoms with van der Waals surface area (Å²) in [4.78, 5) is 18.3. The highest BCUT2D eigenvalue weighted by atomic mass is 16.7. The summed E-state index contributed by atoms with van der Waals surface area (Å²) in [7, 11) is 0. The standard InChI is InChI=1S/C21H38N2O2/c1-15(24)22-17-13-20(5,6)23(21(7,8)14-17)25-18(19(2,3)4)16-11-9-10-12-16/h11,17-18H,9-10,12-14H2,1-8H3,(H,22,24). The predicted octanol–water partition coefficient (Wildman–Crippen LogP) is 4.60. The minimum atomic E-state index is -0.141. The number of amides is 1. The molecule has 2 rings (SSSR count). The molecule has 1 atom stereocenters. The van der Waals surface area contributed by atoms with E-state index in [9.17, 15) is 4.79 Å². The van der Waals surface area contributed by atoms with Crippen molar-refractivity contribution < 1.29 is 9.63 Å². The molecule has 4 nitrogen and oxygen atoms in total. The molecule has 4 heteroatoms. The third kappa shape index (κ3) is 4.85. The van der Waals surface area contributed by atoms with E-state index in [1.165, 1.54) is 18.4 Å². The maximum absolute atomic E-state index is 11.5. The van der Waals surface area contributed by atoms with Crippen LogP contribution >= 0.6 is 0 Å². The summed E-state index contributed by atoms with van der Waals surface area (Å²) in [6.07, 6.45) is 7.82. The van der Waals surface area contributed by atoms with Crippen LogP contribution < -0.4 is 5.32 Å². The van der Waals surface area contributed by atoms with Crippen LogP contribution in [0.4, 0.5) is 0 Å². The highest BCUT2D eigenvalue weighted by Crippen LogP contribution is 2.43. The van der Waals surface area contributed by atoms with Gasteiger partial charge in [0.2, 0.25) is 5.91 Å².